The lowest BCUT2D eigenvalue weighted by Gasteiger charge is -2.12. The van der Waals surface area contributed by atoms with E-state index < -0.39 is 0 Å². The number of nitrogens with two attached hydrogens (primary N) is 1. The Hall–Kier alpha value is -3.00. The fourth-order valence-corrected chi connectivity index (χ4v) is 3.55. The number of aryl methyl sites for hydroxylation is 1. The molecule has 3 aromatic heterocycles. The third-order valence-corrected chi connectivity index (χ3v) is 5.02. The minimum absolute atomic E-state index is 0.679. The van der Waals surface area contributed by atoms with Gasteiger partial charge >= 0.3 is 0 Å². The van der Waals surface area contributed by atoms with Gasteiger partial charge in [0, 0.05) is 31.2 Å². The molecule has 8 heteroatoms. The predicted molar refractivity (Wildman–Crippen MR) is 108 cm³/mol. The van der Waals surface area contributed by atoms with Crippen molar-refractivity contribution in [2.75, 3.05) is 17.6 Å². The van der Waals surface area contributed by atoms with Gasteiger partial charge < -0.3 is 20.0 Å². The predicted octanol–water partition coefficient (Wildman–Crippen LogP) is 3.80. The highest BCUT2D eigenvalue weighted by Gasteiger charge is 2.11. The molecule has 0 saturated carbocycles. The summed E-state index contributed by atoms with van der Waals surface area (Å²) in [6, 6.07) is 9.44. The molecule has 4 rings (SSSR count). The lowest BCUT2D eigenvalue weighted by molar-refractivity contribution is 0.530. The average molecular weight is 380 g/mol. The molecule has 3 heterocycles. The summed E-state index contributed by atoms with van der Waals surface area (Å²) < 4.78 is 7.48. The number of imidazole rings is 1. The molecule has 0 bridgehead atoms. The maximum atomic E-state index is 5.90. The van der Waals surface area contributed by atoms with Crippen LogP contribution in [0.2, 0.25) is 0 Å². The molecule has 0 saturated heterocycles. The van der Waals surface area contributed by atoms with Gasteiger partial charge in [-0.3, -0.25) is 0 Å². The van der Waals surface area contributed by atoms with E-state index in [9.17, 15) is 0 Å². The Bertz CT molecular complexity index is 1000. The summed E-state index contributed by atoms with van der Waals surface area (Å²) >= 11 is 1.60. The standard InChI is InChI=1S/C19H20N6OS/c20-14-4-5-16-17(11-14)23-18(22-6-2-8-25-9-7-21-13-25)19(24-16)27-12-15-3-1-10-26-15/h1,3-5,7,9-11,13H,2,6,8,12,20H2,(H,22,23). The summed E-state index contributed by atoms with van der Waals surface area (Å²) in [5.41, 5.74) is 8.19. The lowest BCUT2D eigenvalue weighted by Crippen LogP contribution is -2.09. The monoisotopic (exact) mass is 380 g/mol. The summed E-state index contributed by atoms with van der Waals surface area (Å²) in [6.07, 6.45) is 8.21. The minimum atomic E-state index is 0.679. The summed E-state index contributed by atoms with van der Waals surface area (Å²) in [4.78, 5) is 13.6. The molecule has 0 amide bonds. The van der Waals surface area contributed by atoms with E-state index in [-0.39, 0.29) is 0 Å². The molecule has 7 nitrogen and oxygen atoms in total. The molecule has 4 aromatic rings. The SMILES string of the molecule is Nc1ccc2nc(SCc3ccco3)c(NCCCn3ccnc3)nc2c1. The van der Waals surface area contributed by atoms with Crippen molar-refractivity contribution in [2.24, 2.45) is 0 Å². The quantitative estimate of drug-likeness (QED) is 0.273. The van der Waals surface area contributed by atoms with Crippen LogP contribution in [0.4, 0.5) is 11.5 Å². The van der Waals surface area contributed by atoms with Crippen molar-refractivity contribution in [1.29, 1.82) is 0 Å². The van der Waals surface area contributed by atoms with Gasteiger partial charge in [0.15, 0.2) is 5.82 Å². The number of hydrogen-bond donors (Lipinski definition) is 2. The van der Waals surface area contributed by atoms with E-state index in [2.05, 4.69) is 14.9 Å². The number of aromatic nitrogens is 4. The molecule has 27 heavy (non-hydrogen) atoms. The Kier molecular flexibility index (Phi) is 5.24. The van der Waals surface area contributed by atoms with Crippen LogP contribution in [0.1, 0.15) is 12.2 Å². The second kappa shape index (κ2) is 8.13. The summed E-state index contributed by atoms with van der Waals surface area (Å²) in [5.74, 6) is 2.38. The van der Waals surface area contributed by atoms with Gasteiger partial charge in [0.2, 0.25) is 0 Å². The van der Waals surface area contributed by atoms with Crippen LogP contribution in [0.3, 0.4) is 0 Å². The van der Waals surface area contributed by atoms with Crippen molar-refractivity contribution in [2.45, 2.75) is 23.7 Å². The van der Waals surface area contributed by atoms with Crippen LogP contribution in [0.25, 0.3) is 11.0 Å². The van der Waals surface area contributed by atoms with Crippen LogP contribution in [0, 0.1) is 0 Å². The number of nitrogens with zero attached hydrogens (tertiary/aromatic N) is 4. The number of benzene rings is 1. The largest absolute Gasteiger partial charge is 0.468 e. The smallest absolute Gasteiger partial charge is 0.159 e. The summed E-state index contributed by atoms with van der Waals surface area (Å²) in [5, 5.41) is 4.27. The van der Waals surface area contributed by atoms with Gasteiger partial charge in [-0.25, -0.2) is 15.0 Å². The van der Waals surface area contributed by atoms with E-state index in [1.54, 1.807) is 24.2 Å². The first-order chi connectivity index (χ1) is 13.3. The number of fused-ring (bicyclic) bond motifs is 1. The van der Waals surface area contributed by atoms with Crippen molar-refractivity contribution >= 4 is 34.3 Å². The fourth-order valence-electron chi connectivity index (χ4n) is 2.69. The highest BCUT2D eigenvalue weighted by Crippen LogP contribution is 2.29. The zero-order chi connectivity index (χ0) is 18.5. The zero-order valence-electron chi connectivity index (χ0n) is 14.7. The number of rotatable bonds is 8. The van der Waals surface area contributed by atoms with E-state index in [1.807, 2.05) is 42.9 Å². The molecule has 138 valence electrons. The Morgan fingerprint density at radius 1 is 1.19 bits per heavy atom. The van der Waals surface area contributed by atoms with Crippen LogP contribution < -0.4 is 11.1 Å². The number of nitrogens with one attached hydrogen (secondary N) is 1. The number of nitrogen functional groups attached to an aromatic ring is 1. The molecular weight excluding hydrogens is 360 g/mol. The summed E-state index contributed by atoms with van der Waals surface area (Å²) in [7, 11) is 0. The first-order valence-corrected chi connectivity index (χ1v) is 9.68. The van der Waals surface area contributed by atoms with E-state index in [1.165, 1.54) is 0 Å². The molecule has 0 spiro atoms. The number of thioether (sulfide) groups is 1. The molecular formula is C19H20N6OS. The molecule has 0 aliphatic heterocycles. The molecule has 3 N–H and O–H groups in total. The molecule has 0 unspecified atom stereocenters. The van der Waals surface area contributed by atoms with Crippen LogP contribution >= 0.6 is 11.8 Å². The van der Waals surface area contributed by atoms with Crippen molar-refractivity contribution in [1.82, 2.24) is 19.5 Å². The second-order valence-electron chi connectivity index (χ2n) is 6.07. The molecule has 0 fully saturated rings. The van der Waals surface area contributed by atoms with Gasteiger partial charge in [0.25, 0.3) is 0 Å². The Labute approximate surface area is 161 Å². The number of anilines is 2. The van der Waals surface area contributed by atoms with Gasteiger partial charge in [-0.05, 0) is 36.8 Å². The normalized spacial score (nSPS) is 11.1. The van der Waals surface area contributed by atoms with Gasteiger partial charge in [0.1, 0.15) is 10.8 Å². The Morgan fingerprint density at radius 2 is 2.15 bits per heavy atom. The second-order valence-corrected chi connectivity index (χ2v) is 7.04. The summed E-state index contributed by atoms with van der Waals surface area (Å²) in [6.45, 7) is 1.69. The van der Waals surface area contributed by atoms with Crippen LogP contribution in [-0.4, -0.2) is 26.1 Å². The van der Waals surface area contributed by atoms with Crippen LogP contribution in [0.15, 0.2) is 64.8 Å². The van der Waals surface area contributed by atoms with Crippen molar-refractivity contribution in [3.8, 4) is 0 Å². The third kappa shape index (κ3) is 4.40. The van der Waals surface area contributed by atoms with E-state index in [0.717, 1.165) is 47.1 Å². The maximum Gasteiger partial charge on any atom is 0.159 e. The maximum absolute atomic E-state index is 5.90. The van der Waals surface area contributed by atoms with Crippen LogP contribution in [0.5, 0.6) is 0 Å². The number of hydrogen-bond acceptors (Lipinski definition) is 7. The third-order valence-electron chi connectivity index (χ3n) is 4.03. The highest BCUT2D eigenvalue weighted by atomic mass is 32.2. The molecule has 1 aromatic carbocycles. The van der Waals surface area contributed by atoms with Crippen molar-refractivity contribution in [3.63, 3.8) is 0 Å². The topological polar surface area (TPSA) is 94.8 Å². The van der Waals surface area contributed by atoms with Gasteiger partial charge in [-0.2, -0.15) is 0 Å². The highest BCUT2D eigenvalue weighted by molar-refractivity contribution is 7.98. The first kappa shape index (κ1) is 17.4. The Morgan fingerprint density at radius 3 is 2.96 bits per heavy atom. The van der Waals surface area contributed by atoms with Gasteiger partial charge in [0.05, 0.1) is 29.4 Å². The Balaban J connectivity index is 1.50. The molecule has 0 aliphatic rings. The number of furan rings is 1. The average Bonchev–Trinajstić information content (AvgIpc) is 3.37. The van der Waals surface area contributed by atoms with Crippen molar-refractivity contribution in [3.05, 3.63) is 61.1 Å². The van der Waals surface area contributed by atoms with E-state index in [0.29, 0.717) is 11.4 Å². The molecule has 0 radical (unpaired) electrons. The van der Waals surface area contributed by atoms with E-state index >= 15 is 0 Å². The molecule has 0 aliphatic carbocycles. The fraction of sp³-hybridized carbons (Fsp3) is 0.211. The molecule has 0 atom stereocenters. The van der Waals surface area contributed by atoms with E-state index in [4.69, 9.17) is 20.1 Å². The minimum Gasteiger partial charge on any atom is -0.468 e. The van der Waals surface area contributed by atoms with Gasteiger partial charge in [-0.1, -0.05) is 11.8 Å². The zero-order valence-corrected chi connectivity index (χ0v) is 15.5. The first-order valence-electron chi connectivity index (χ1n) is 8.70. The van der Waals surface area contributed by atoms with Crippen molar-refractivity contribution < 1.29 is 4.42 Å². The van der Waals surface area contributed by atoms with Crippen LogP contribution in [-0.2, 0) is 12.3 Å². The lowest BCUT2D eigenvalue weighted by atomic mass is 10.2. The van der Waals surface area contributed by atoms with Gasteiger partial charge in [-0.15, -0.1) is 0 Å².